The smallest absolute Gasteiger partial charge is 0.326 e. The van der Waals surface area contributed by atoms with Gasteiger partial charge in [0.05, 0.1) is 0 Å². The number of rotatable bonds is 6. The average molecular weight is 271 g/mol. The summed E-state index contributed by atoms with van der Waals surface area (Å²) >= 11 is 5.42. The molecule has 0 unspecified atom stereocenters. The number of aliphatic carboxylic acids is 1. The molecule has 0 saturated heterocycles. The van der Waals surface area contributed by atoms with Gasteiger partial charge in [0.1, 0.15) is 6.04 Å². The molecule has 1 aromatic rings. The molecule has 5 nitrogen and oxygen atoms in total. The summed E-state index contributed by atoms with van der Waals surface area (Å²) in [6, 6.07) is 7.63. The Labute approximate surface area is 110 Å². The lowest BCUT2D eigenvalue weighted by atomic mass is 10.1. The van der Waals surface area contributed by atoms with E-state index in [1.807, 2.05) is 30.3 Å². The monoisotopic (exact) mass is 270 g/mol. The highest BCUT2D eigenvalue weighted by molar-refractivity contribution is 6.18. The molecule has 6 heteroatoms. The zero-order valence-electron chi connectivity index (χ0n) is 9.73. The number of carboxylic acid groups (broad SMARTS) is 1. The van der Waals surface area contributed by atoms with E-state index >= 15 is 0 Å². The van der Waals surface area contributed by atoms with E-state index in [9.17, 15) is 9.59 Å². The van der Waals surface area contributed by atoms with E-state index in [2.05, 4.69) is 10.6 Å². The van der Waals surface area contributed by atoms with E-state index in [1.165, 1.54) is 0 Å². The van der Waals surface area contributed by atoms with E-state index in [-0.39, 0.29) is 12.3 Å². The van der Waals surface area contributed by atoms with Crippen LogP contribution in [0.25, 0.3) is 0 Å². The Kier molecular flexibility index (Phi) is 6.00. The Morgan fingerprint density at radius 2 is 1.94 bits per heavy atom. The third-order valence-electron chi connectivity index (χ3n) is 2.27. The second-order valence-corrected chi connectivity index (χ2v) is 4.05. The van der Waals surface area contributed by atoms with Crippen LogP contribution in [0, 0.1) is 0 Å². The van der Waals surface area contributed by atoms with Crippen molar-refractivity contribution in [1.29, 1.82) is 0 Å². The Balaban J connectivity index is 2.55. The van der Waals surface area contributed by atoms with Crippen LogP contribution in [-0.4, -0.2) is 35.6 Å². The van der Waals surface area contributed by atoms with Gasteiger partial charge in [-0.25, -0.2) is 9.59 Å². The number of carbonyl (C=O) groups is 2. The summed E-state index contributed by atoms with van der Waals surface area (Å²) in [7, 11) is 0. The van der Waals surface area contributed by atoms with Gasteiger partial charge in [-0.05, 0) is 5.56 Å². The van der Waals surface area contributed by atoms with Crippen LogP contribution < -0.4 is 10.6 Å². The fourth-order valence-corrected chi connectivity index (χ4v) is 1.51. The van der Waals surface area contributed by atoms with Crippen molar-refractivity contribution >= 4 is 23.6 Å². The lowest BCUT2D eigenvalue weighted by molar-refractivity contribution is -0.139. The number of hydrogen-bond donors (Lipinski definition) is 3. The molecule has 0 aliphatic heterocycles. The second-order valence-electron chi connectivity index (χ2n) is 3.67. The van der Waals surface area contributed by atoms with Gasteiger partial charge in [-0.3, -0.25) is 0 Å². The molecule has 2 amide bonds. The lowest BCUT2D eigenvalue weighted by Crippen LogP contribution is -2.47. The van der Waals surface area contributed by atoms with Crippen LogP contribution >= 0.6 is 11.6 Å². The highest BCUT2D eigenvalue weighted by Crippen LogP contribution is 2.03. The zero-order chi connectivity index (χ0) is 13.4. The zero-order valence-corrected chi connectivity index (χ0v) is 10.5. The minimum atomic E-state index is -1.07. The number of nitrogens with one attached hydrogen (secondary N) is 2. The molecule has 0 radical (unpaired) electrons. The summed E-state index contributed by atoms with van der Waals surface area (Å²) in [6.45, 7) is 0.297. The second kappa shape index (κ2) is 7.55. The van der Waals surface area contributed by atoms with E-state index in [0.717, 1.165) is 5.56 Å². The normalized spacial score (nSPS) is 11.6. The van der Waals surface area contributed by atoms with Gasteiger partial charge in [-0.1, -0.05) is 30.3 Å². The molecule has 1 atom stereocenters. The standard InChI is InChI=1S/C12H15ClN2O3/c13-6-7-14-12(18)15-10(11(16)17)8-9-4-2-1-3-5-9/h1-5,10H,6-8H2,(H,16,17)(H2,14,15,18)/t10-/m0/s1. The molecule has 0 aromatic heterocycles. The predicted molar refractivity (Wildman–Crippen MR) is 68.8 cm³/mol. The molecule has 0 spiro atoms. The van der Waals surface area contributed by atoms with Gasteiger partial charge in [0.15, 0.2) is 0 Å². The van der Waals surface area contributed by atoms with Crippen LogP contribution in [0.1, 0.15) is 5.56 Å². The molecular formula is C12H15ClN2O3. The molecule has 0 aliphatic carbocycles. The van der Waals surface area contributed by atoms with Crippen molar-refractivity contribution < 1.29 is 14.7 Å². The highest BCUT2D eigenvalue weighted by Gasteiger charge is 2.19. The third kappa shape index (κ3) is 5.05. The number of carbonyl (C=O) groups excluding carboxylic acids is 1. The van der Waals surface area contributed by atoms with E-state index < -0.39 is 18.0 Å². The maximum absolute atomic E-state index is 11.4. The van der Waals surface area contributed by atoms with Crippen LogP contribution in [0.5, 0.6) is 0 Å². The quantitative estimate of drug-likeness (QED) is 0.680. The molecule has 0 bridgehead atoms. The summed E-state index contributed by atoms with van der Waals surface area (Å²) in [5.41, 5.74) is 0.850. The van der Waals surface area contributed by atoms with Crippen LogP contribution in [0.4, 0.5) is 4.79 Å². The van der Waals surface area contributed by atoms with Crippen molar-refractivity contribution in [1.82, 2.24) is 10.6 Å². The number of halogens is 1. The molecule has 18 heavy (non-hydrogen) atoms. The lowest BCUT2D eigenvalue weighted by Gasteiger charge is -2.14. The first-order valence-corrected chi connectivity index (χ1v) is 6.04. The van der Waals surface area contributed by atoms with Crippen molar-refractivity contribution in [3.05, 3.63) is 35.9 Å². The SMILES string of the molecule is O=C(NCCCl)N[C@@H](Cc1ccccc1)C(=O)O. The van der Waals surface area contributed by atoms with Crippen LogP contribution in [0.2, 0.25) is 0 Å². The van der Waals surface area contributed by atoms with Gasteiger partial charge in [-0.15, -0.1) is 11.6 Å². The molecule has 1 aromatic carbocycles. The number of alkyl halides is 1. The van der Waals surface area contributed by atoms with Crippen LogP contribution in [0.3, 0.4) is 0 Å². The molecule has 0 saturated carbocycles. The predicted octanol–water partition coefficient (Wildman–Crippen LogP) is 1.22. The minimum Gasteiger partial charge on any atom is -0.480 e. The summed E-state index contributed by atoms with van der Waals surface area (Å²) in [6.07, 6.45) is 0.241. The van der Waals surface area contributed by atoms with Gasteiger partial charge in [0.2, 0.25) is 0 Å². The van der Waals surface area contributed by atoms with Gasteiger partial charge in [0, 0.05) is 18.8 Å². The summed E-state index contributed by atoms with van der Waals surface area (Å²) in [5, 5.41) is 13.9. The van der Waals surface area contributed by atoms with E-state index in [4.69, 9.17) is 16.7 Å². The van der Waals surface area contributed by atoms with E-state index in [1.54, 1.807) is 0 Å². The number of hydrogen-bond acceptors (Lipinski definition) is 2. The Hall–Kier alpha value is -1.75. The molecule has 3 N–H and O–H groups in total. The number of urea groups is 1. The summed E-state index contributed by atoms with van der Waals surface area (Å²) in [5.74, 6) is -0.788. The molecule has 98 valence electrons. The maximum Gasteiger partial charge on any atom is 0.326 e. The largest absolute Gasteiger partial charge is 0.480 e. The number of benzene rings is 1. The minimum absolute atomic E-state index is 0.241. The summed E-state index contributed by atoms with van der Waals surface area (Å²) in [4.78, 5) is 22.4. The van der Waals surface area contributed by atoms with Gasteiger partial charge in [0.25, 0.3) is 0 Å². The fourth-order valence-electron chi connectivity index (χ4n) is 1.42. The van der Waals surface area contributed by atoms with Crippen molar-refractivity contribution in [2.45, 2.75) is 12.5 Å². The molecule has 1 rings (SSSR count). The molecular weight excluding hydrogens is 256 g/mol. The van der Waals surface area contributed by atoms with Crippen LogP contribution in [-0.2, 0) is 11.2 Å². The van der Waals surface area contributed by atoms with Gasteiger partial charge >= 0.3 is 12.0 Å². The van der Waals surface area contributed by atoms with Crippen LogP contribution in [0.15, 0.2) is 30.3 Å². The topological polar surface area (TPSA) is 78.4 Å². The first-order valence-electron chi connectivity index (χ1n) is 5.50. The van der Waals surface area contributed by atoms with Crippen molar-refractivity contribution in [2.75, 3.05) is 12.4 Å². The number of amides is 2. The van der Waals surface area contributed by atoms with Gasteiger partial charge < -0.3 is 15.7 Å². The maximum atomic E-state index is 11.4. The Morgan fingerprint density at radius 3 is 2.50 bits per heavy atom. The first kappa shape index (κ1) is 14.3. The average Bonchev–Trinajstić information content (AvgIpc) is 2.36. The number of carboxylic acids is 1. The fraction of sp³-hybridized carbons (Fsp3) is 0.333. The molecule has 0 fully saturated rings. The van der Waals surface area contributed by atoms with Gasteiger partial charge in [-0.2, -0.15) is 0 Å². The summed E-state index contributed by atoms with van der Waals surface area (Å²) < 4.78 is 0. The van der Waals surface area contributed by atoms with E-state index in [0.29, 0.717) is 6.54 Å². The molecule has 0 heterocycles. The Morgan fingerprint density at radius 1 is 1.28 bits per heavy atom. The first-order chi connectivity index (χ1) is 8.63. The van der Waals surface area contributed by atoms with Crippen molar-refractivity contribution in [3.8, 4) is 0 Å². The molecule has 0 aliphatic rings. The highest BCUT2D eigenvalue weighted by atomic mass is 35.5. The van der Waals surface area contributed by atoms with Crippen molar-refractivity contribution in [3.63, 3.8) is 0 Å². The third-order valence-corrected chi connectivity index (χ3v) is 2.46. The Bertz CT molecular complexity index is 398. The van der Waals surface area contributed by atoms with Crippen molar-refractivity contribution in [2.24, 2.45) is 0 Å².